The quantitative estimate of drug-likeness (QED) is 0.454. The third-order valence-corrected chi connectivity index (χ3v) is 0. The zero-order valence-electron chi connectivity index (χ0n) is 3.45. The molecule has 0 saturated carbocycles. The molecule has 0 atom stereocenters. The van der Waals surface area contributed by atoms with Crippen molar-refractivity contribution in [3.05, 3.63) is 13.3 Å². The van der Waals surface area contributed by atoms with E-state index in [0.29, 0.717) is 0 Å². The van der Waals surface area contributed by atoms with Crippen molar-refractivity contribution in [2.45, 2.75) is 0 Å². The van der Waals surface area contributed by atoms with E-state index in [1.165, 1.54) is 0 Å². The average Bonchev–Trinajstić information content (AvgIpc) is 1.46. The van der Waals surface area contributed by atoms with Crippen LogP contribution in [0.15, 0.2) is 0 Å². The van der Waals surface area contributed by atoms with Gasteiger partial charge >= 0.3 is 0 Å². The second kappa shape index (κ2) is 28.7. The van der Waals surface area contributed by atoms with Gasteiger partial charge in [0, 0.05) is 32.7 Å². The molecule has 37 valence electrons. The number of hydrogen-bond donors (Lipinski definition) is 0. The molecule has 3 heteroatoms. The van der Waals surface area contributed by atoms with Crippen LogP contribution in [0.5, 0.6) is 0 Å². The standard InChI is InChI=1S/C2H4Br.CH2Cl.Y/c1-2-3;1-2;/h1-2H2;1H2;/q2*-1;. The van der Waals surface area contributed by atoms with Gasteiger partial charge in [-0.05, 0) is 0 Å². The maximum absolute atomic E-state index is 4.39. The Morgan fingerprint density at radius 1 is 1.50 bits per heavy atom. The minimum absolute atomic E-state index is 0. The van der Waals surface area contributed by atoms with Crippen LogP contribution >= 0.6 is 27.5 Å². The summed E-state index contributed by atoms with van der Waals surface area (Å²) < 4.78 is 0. The van der Waals surface area contributed by atoms with E-state index >= 15 is 0 Å². The molecule has 0 nitrogen and oxygen atoms in total. The Morgan fingerprint density at radius 3 is 1.50 bits per heavy atom. The van der Waals surface area contributed by atoms with Crippen molar-refractivity contribution in [3.8, 4) is 0 Å². The minimum atomic E-state index is 0. The second-order valence-corrected chi connectivity index (χ2v) is 0.982. The molecule has 0 aliphatic rings. The van der Waals surface area contributed by atoms with E-state index in [1.807, 2.05) is 0 Å². The molecule has 0 spiro atoms. The van der Waals surface area contributed by atoms with E-state index in [4.69, 9.17) is 0 Å². The number of rotatable bonds is 0. The maximum Gasteiger partial charge on any atom is 0 e. The first-order chi connectivity index (χ1) is 2.41. The molecule has 0 aliphatic heterocycles. The largest absolute Gasteiger partial charge is 0.352 e. The van der Waals surface area contributed by atoms with Gasteiger partial charge < -0.3 is 18.5 Å². The predicted octanol–water partition coefficient (Wildman–Crippen LogP) is 2.23. The normalized spacial score (nSPS) is 4.00. The Balaban J connectivity index is -0.0000000275. The molecule has 0 aromatic rings. The molecule has 0 unspecified atom stereocenters. The van der Waals surface area contributed by atoms with Crippen LogP contribution in [0.2, 0.25) is 0 Å². The Hall–Kier alpha value is 1.87. The van der Waals surface area contributed by atoms with Crippen LogP contribution < -0.4 is 0 Å². The van der Waals surface area contributed by atoms with Gasteiger partial charge in [-0.2, -0.15) is 0 Å². The van der Waals surface area contributed by atoms with Crippen LogP contribution in [0, 0.1) is 13.3 Å². The number of alkyl halides is 1. The first-order valence-electron chi connectivity index (χ1n) is 1.03. The first kappa shape index (κ1) is 15.7. The molecule has 0 N–H and O–H groups in total. The molecule has 0 bridgehead atoms. The first-order valence-corrected chi connectivity index (χ1v) is 2.69. The van der Waals surface area contributed by atoms with E-state index in [-0.39, 0.29) is 32.7 Å². The van der Waals surface area contributed by atoms with Crippen LogP contribution in [0.1, 0.15) is 0 Å². The van der Waals surface area contributed by atoms with E-state index in [9.17, 15) is 0 Å². The summed E-state index contributed by atoms with van der Waals surface area (Å²) in [5.74, 6) is 0. The van der Waals surface area contributed by atoms with Gasteiger partial charge in [0.15, 0.2) is 0 Å². The molecule has 0 aromatic carbocycles. The van der Waals surface area contributed by atoms with Crippen LogP contribution in [0.25, 0.3) is 0 Å². The van der Waals surface area contributed by atoms with Crippen LogP contribution in [-0.4, -0.2) is 5.33 Å². The predicted molar refractivity (Wildman–Crippen MR) is 30.4 cm³/mol. The zero-order valence-corrected chi connectivity index (χ0v) is 8.63. The molecule has 6 heavy (non-hydrogen) atoms. The van der Waals surface area contributed by atoms with Gasteiger partial charge in [-0.3, -0.25) is 6.38 Å². The molecule has 0 fully saturated rings. The monoisotopic (exact) mass is 245 g/mol. The molecule has 0 saturated heterocycles. The van der Waals surface area contributed by atoms with Crippen LogP contribution in [0.4, 0.5) is 0 Å². The smallest absolute Gasteiger partial charge is 0 e. The summed E-state index contributed by atoms with van der Waals surface area (Å²) in [5.41, 5.74) is 0. The summed E-state index contributed by atoms with van der Waals surface area (Å²) in [6.45, 7) is 3.40. The number of halogens is 2. The maximum atomic E-state index is 4.39. The Labute approximate surface area is 78.0 Å². The van der Waals surface area contributed by atoms with Crippen LogP contribution in [0.3, 0.4) is 0 Å². The molecule has 0 amide bonds. The van der Waals surface area contributed by atoms with Crippen molar-refractivity contribution in [2.75, 3.05) is 5.33 Å². The summed E-state index contributed by atoms with van der Waals surface area (Å²) in [7, 11) is 0. The van der Waals surface area contributed by atoms with Gasteiger partial charge in [-0.15, -0.1) is 21.3 Å². The minimum Gasteiger partial charge on any atom is -0.352 e. The summed E-state index contributed by atoms with van der Waals surface area (Å²) in [6, 6.07) is 0. The second-order valence-electron chi connectivity index (χ2n) is 0.189. The Morgan fingerprint density at radius 2 is 1.50 bits per heavy atom. The summed E-state index contributed by atoms with van der Waals surface area (Å²) in [4.78, 5) is 0. The van der Waals surface area contributed by atoms with Gasteiger partial charge in [0.1, 0.15) is 0 Å². The molecular weight excluding hydrogens is 240 g/mol. The molecule has 0 rings (SSSR count). The third kappa shape index (κ3) is 39.7. The van der Waals surface area contributed by atoms with Crippen molar-refractivity contribution >= 4 is 27.5 Å². The average molecular weight is 246 g/mol. The van der Waals surface area contributed by atoms with E-state index in [2.05, 4.69) is 40.8 Å². The summed E-state index contributed by atoms with van der Waals surface area (Å²) >= 11 is 7.42. The molecule has 1 radical (unpaired) electrons. The van der Waals surface area contributed by atoms with E-state index in [0.717, 1.165) is 5.33 Å². The third-order valence-electron chi connectivity index (χ3n) is 0. The molecule has 0 aromatic heterocycles. The topological polar surface area (TPSA) is 0 Å². The van der Waals surface area contributed by atoms with Crippen molar-refractivity contribution in [3.63, 3.8) is 0 Å². The Bertz CT molecular complexity index is 10.8. The fourth-order valence-electron chi connectivity index (χ4n) is 0. The SMILES string of the molecule is [CH2-]CBr.[CH2-]Cl.[Y]. The Kier molecular flexibility index (Phi) is 75.0. The van der Waals surface area contributed by atoms with Gasteiger partial charge in [0.25, 0.3) is 0 Å². The van der Waals surface area contributed by atoms with Gasteiger partial charge in [-0.1, -0.05) is 0 Å². The van der Waals surface area contributed by atoms with Crippen molar-refractivity contribution < 1.29 is 32.7 Å². The number of hydrogen-bond acceptors (Lipinski definition) is 0. The van der Waals surface area contributed by atoms with E-state index in [1.54, 1.807) is 0 Å². The summed E-state index contributed by atoms with van der Waals surface area (Å²) in [5, 5.41) is 0.812. The molecule has 0 aliphatic carbocycles. The summed E-state index contributed by atoms with van der Waals surface area (Å²) in [6.07, 6.45) is 2.72. The van der Waals surface area contributed by atoms with Gasteiger partial charge in [-0.25, -0.2) is 0 Å². The van der Waals surface area contributed by atoms with E-state index < -0.39 is 0 Å². The van der Waals surface area contributed by atoms with Crippen molar-refractivity contribution in [1.29, 1.82) is 0 Å². The van der Waals surface area contributed by atoms with Crippen molar-refractivity contribution in [1.82, 2.24) is 0 Å². The van der Waals surface area contributed by atoms with Crippen LogP contribution in [-0.2, 0) is 32.7 Å². The van der Waals surface area contributed by atoms with Gasteiger partial charge in [0.2, 0.25) is 0 Å². The van der Waals surface area contributed by atoms with Gasteiger partial charge in [0.05, 0.1) is 0 Å². The fraction of sp³-hybridized carbons (Fsp3) is 0.333. The zero-order chi connectivity index (χ0) is 4.71. The molecule has 0 heterocycles. The van der Waals surface area contributed by atoms with Crippen molar-refractivity contribution in [2.24, 2.45) is 0 Å². The molecular formula is C3H6BrClY-2. The fourth-order valence-corrected chi connectivity index (χ4v) is 0.